The molecule has 19 heavy (non-hydrogen) atoms. The van der Waals surface area contributed by atoms with Crippen LogP contribution in [0, 0.1) is 6.92 Å². The molecule has 0 fully saturated rings. The first-order valence-corrected chi connectivity index (χ1v) is 6.28. The molecular formula is C13H12Cl2N2O2. The average molecular weight is 299 g/mol. The van der Waals surface area contributed by atoms with E-state index in [1.165, 1.54) is 11.8 Å². The van der Waals surface area contributed by atoms with Crippen molar-refractivity contribution in [2.24, 2.45) is 7.05 Å². The lowest BCUT2D eigenvalue weighted by Gasteiger charge is -2.03. The average Bonchev–Trinajstić information content (AvgIpc) is 2.64. The molecule has 2 rings (SSSR count). The highest BCUT2D eigenvalue weighted by molar-refractivity contribution is 6.36. The number of rotatable bonds is 2. The van der Waals surface area contributed by atoms with E-state index in [0.29, 0.717) is 21.4 Å². The number of carbonyl (C=O) groups is 1. The van der Waals surface area contributed by atoms with Gasteiger partial charge in [-0.1, -0.05) is 23.2 Å². The van der Waals surface area contributed by atoms with Gasteiger partial charge in [0.15, 0.2) is 0 Å². The first-order chi connectivity index (χ1) is 8.95. The molecule has 0 saturated heterocycles. The molecular weight excluding hydrogens is 287 g/mol. The molecule has 1 aromatic heterocycles. The van der Waals surface area contributed by atoms with E-state index >= 15 is 0 Å². The van der Waals surface area contributed by atoms with Gasteiger partial charge < -0.3 is 4.74 Å². The summed E-state index contributed by atoms with van der Waals surface area (Å²) in [5, 5.41) is 5.37. The monoisotopic (exact) mass is 298 g/mol. The van der Waals surface area contributed by atoms with Crippen molar-refractivity contribution in [3.8, 4) is 11.3 Å². The molecule has 0 aliphatic carbocycles. The van der Waals surface area contributed by atoms with Crippen molar-refractivity contribution in [2.75, 3.05) is 7.11 Å². The lowest BCUT2D eigenvalue weighted by Crippen LogP contribution is -2.09. The molecule has 0 amide bonds. The molecule has 0 unspecified atom stereocenters. The smallest absolute Gasteiger partial charge is 0.356 e. The van der Waals surface area contributed by atoms with Crippen LogP contribution in [0.1, 0.15) is 16.1 Å². The molecule has 0 bridgehead atoms. The Morgan fingerprint density at radius 3 is 2.63 bits per heavy atom. The van der Waals surface area contributed by atoms with Crippen LogP contribution in [0.15, 0.2) is 18.2 Å². The Labute approximate surface area is 120 Å². The molecule has 0 spiro atoms. The van der Waals surface area contributed by atoms with Crippen molar-refractivity contribution in [1.82, 2.24) is 9.78 Å². The maximum atomic E-state index is 11.7. The van der Waals surface area contributed by atoms with Gasteiger partial charge in [-0.3, -0.25) is 4.68 Å². The lowest BCUT2D eigenvalue weighted by molar-refractivity contribution is 0.0587. The summed E-state index contributed by atoms with van der Waals surface area (Å²) in [6.07, 6.45) is 0. The van der Waals surface area contributed by atoms with Gasteiger partial charge in [-0.2, -0.15) is 5.10 Å². The first-order valence-electron chi connectivity index (χ1n) is 5.53. The van der Waals surface area contributed by atoms with Gasteiger partial charge in [0.2, 0.25) is 0 Å². The number of benzene rings is 1. The predicted molar refractivity (Wildman–Crippen MR) is 74.7 cm³/mol. The lowest BCUT2D eigenvalue weighted by atomic mass is 10.1. The number of hydrogen-bond acceptors (Lipinski definition) is 3. The molecule has 0 aliphatic heterocycles. The Kier molecular flexibility index (Phi) is 3.83. The number of aromatic nitrogens is 2. The van der Waals surface area contributed by atoms with Crippen molar-refractivity contribution in [2.45, 2.75) is 6.92 Å². The summed E-state index contributed by atoms with van der Waals surface area (Å²) in [6, 6.07) is 5.15. The number of methoxy groups -OCH3 is 1. The molecule has 0 atom stereocenters. The fraction of sp³-hybridized carbons (Fsp3) is 0.231. The minimum Gasteiger partial charge on any atom is -0.464 e. The van der Waals surface area contributed by atoms with Crippen LogP contribution in [0.2, 0.25) is 10.0 Å². The summed E-state index contributed by atoms with van der Waals surface area (Å²) in [7, 11) is 3.02. The van der Waals surface area contributed by atoms with Crippen LogP contribution in [0.25, 0.3) is 11.3 Å². The highest BCUT2D eigenvalue weighted by atomic mass is 35.5. The van der Waals surface area contributed by atoms with Crippen LogP contribution in [0.3, 0.4) is 0 Å². The quantitative estimate of drug-likeness (QED) is 0.797. The van der Waals surface area contributed by atoms with Crippen molar-refractivity contribution in [3.05, 3.63) is 39.5 Å². The van der Waals surface area contributed by atoms with Crippen LogP contribution >= 0.6 is 23.2 Å². The SMILES string of the molecule is COC(=O)c1c(C)c(-c2ccc(Cl)cc2Cl)nn1C. The van der Waals surface area contributed by atoms with E-state index < -0.39 is 5.97 Å². The first kappa shape index (κ1) is 13.9. The minimum absolute atomic E-state index is 0.406. The molecule has 0 radical (unpaired) electrons. The minimum atomic E-state index is -0.427. The Morgan fingerprint density at radius 2 is 2.05 bits per heavy atom. The van der Waals surface area contributed by atoms with E-state index in [-0.39, 0.29) is 0 Å². The van der Waals surface area contributed by atoms with E-state index in [0.717, 1.165) is 11.1 Å². The van der Waals surface area contributed by atoms with Gasteiger partial charge in [-0.15, -0.1) is 0 Å². The second-order valence-electron chi connectivity index (χ2n) is 4.06. The molecule has 1 heterocycles. The van der Waals surface area contributed by atoms with Gasteiger partial charge in [-0.25, -0.2) is 4.79 Å². The van der Waals surface area contributed by atoms with Crippen molar-refractivity contribution < 1.29 is 9.53 Å². The van der Waals surface area contributed by atoms with Crippen molar-refractivity contribution in [3.63, 3.8) is 0 Å². The number of hydrogen-bond donors (Lipinski definition) is 0. The second-order valence-corrected chi connectivity index (χ2v) is 4.91. The van der Waals surface area contributed by atoms with Gasteiger partial charge in [0.1, 0.15) is 5.69 Å². The molecule has 0 N–H and O–H groups in total. The normalized spacial score (nSPS) is 10.6. The summed E-state index contributed by atoms with van der Waals surface area (Å²) in [6.45, 7) is 1.81. The van der Waals surface area contributed by atoms with Crippen LogP contribution in [0.4, 0.5) is 0 Å². The molecule has 0 aliphatic rings. The maximum Gasteiger partial charge on any atom is 0.356 e. The Morgan fingerprint density at radius 1 is 1.37 bits per heavy atom. The number of nitrogens with zero attached hydrogens (tertiary/aromatic N) is 2. The van der Waals surface area contributed by atoms with Crippen LogP contribution < -0.4 is 0 Å². The zero-order valence-electron chi connectivity index (χ0n) is 10.7. The molecule has 1 aromatic carbocycles. The van der Waals surface area contributed by atoms with Crippen LogP contribution in [-0.4, -0.2) is 22.9 Å². The Hall–Kier alpha value is -1.52. The number of halogens is 2. The van der Waals surface area contributed by atoms with Crippen molar-refractivity contribution >= 4 is 29.2 Å². The summed E-state index contributed by atoms with van der Waals surface area (Å²) in [4.78, 5) is 11.7. The van der Waals surface area contributed by atoms with E-state index in [2.05, 4.69) is 5.10 Å². The highest BCUT2D eigenvalue weighted by Gasteiger charge is 2.21. The third-order valence-electron chi connectivity index (χ3n) is 2.85. The molecule has 2 aromatic rings. The standard InChI is InChI=1S/C13H12Cl2N2O2/c1-7-11(9-5-4-8(14)6-10(9)15)16-17(2)12(7)13(18)19-3/h4-6H,1-3H3. The number of carbonyl (C=O) groups excluding carboxylic acids is 1. The Balaban J connectivity index is 2.61. The van der Waals surface area contributed by atoms with Crippen molar-refractivity contribution in [1.29, 1.82) is 0 Å². The fourth-order valence-electron chi connectivity index (χ4n) is 1.95. The third kappa shape index (κ3) is 2.46. The second kappa shape index (κ2) is 5.23. The summed E-state index contributed by atoms with van der Waals surface area (Å²) >= 11 is 12.0. The number of ether oxygens (including phenoxy) is 1. The maximum absolute atomic E-state index is 11.7. The predicted octanol–water partition coefficient (Wildman–Crippen LogP) is 3.49. The van der Waals surface area contributed by atoms with Crippen LogP contribution in [-0.2, 0) is 11.8 Å². The van der Waals surface area contributed by atoms with E-state index in [1.54, 1.807) is 32.2 Å². The number of esters is 1. The third-order valence-corrected chi connectivity index (χ3v) is 3.40. The van der Waals surface area contributed by atoms with Gasteiger partial charge in [-0.05, 0) is 25.1 Å². The molecule has 6 heteroatoms. The largest absolute Gasteiger partial charge is 0.464 e. The fourth-order valence-corrected chi connectivity index (χ4v) is 2.45. The summed E-state index contributed by atoms with van der Waals surface area (Å²) < 4.78 is 6.23. The molecule has 100 valence electrons. The van der Waals surface area contributed by atoms with Gasteiger partial charge in [0.05, 0.1) is 17.8 Å². The zero-order valence-corrected chi connectivity index (χ0v) is 12.2. The van der Waals surface area contributed by atoms with E-state index in [4.69, 9.17) is 27.9 Å². The van der Waals surface area contributed by atoms with Gasteiger partial charge >= 0.3 is 5.97 Å². The van der Waals surface area contributed by atoms with Gasteiger partial charge in [0.25, 0.3) is 0 Å². The highest BCUT2D eigenvalue weighted by Crippen LogP contribution is 2.32. The topological polar surface area (TPSA) is 44.1 Å². The van der Waals surface area contributed by atoms with E-state index in [1.807, 2.05) is 0 Å². The summed E-state index contributed by atoms with van der Waals surface area (Å²) in [5.74, 6) is -0.427. The molecule has 0 saturated carbocycles. The zero-order chi connectivity index (χ0) is 14.2. The summed E-state index contributed by atoms with van der Waals surface area (Å²) in [5.41, 5.74) is 2.50. The van der Waals surface area contributed by atoms with Gasteiger partial charge in [0, 0.05) is 23.2 Å². The Bertz CT molecular complexity index is 650. The van der Waals surface area contributed by atoms with Crippen LogP contribution in [0.5, 0.6) is 0 Å². The molecule has 4 nitrogen and oxygen atoms in total. The van der Waals surface area contributed by atoms with E-state index in [9.17, 15) is 4.79 Å². The number of aryl methyl sites for hydroxylation is 1.